The zero-order valence-corrected chi connectivity index (χ0v) is 13.3. The molecule has 0 radical (unpaired) electrons. The molecule has 0 saturated carbocycles. The lowest BCUT2D eigenvalue weighted by molar-refractivity contribution is 0.275. The Hall–Kier alpha value is -1.49. The molecule has 0 aliphatic carbocycles. The number of halogens is 2. The van der Waals surface area contributed by atoms with E-state index in [4.69, 9.17) is 23.2 Å². The van der Waals surface area contributed by atoms with Crippen LogP contribution >= 0.6 is 23.2 Å². The Labute approximate surface area is 137 Å². The Balaban J connectivity index is 2.08. The number of fused-ring (bicyclic) bond motifs is 3. The average Bonchev–Trinajstić information content (AvgIpc) is 3.20. The maximum atomic E-state index is 9.37. The second-order valence-electron chi connectivity index (χ2n) is 5.65. The molecule has 3 aromatic rings. The van der Waals surface area contributed by atoms with E-state index in [2.05, 4.69) is 14.8 Å². The maximum Gasteiger partial charge on any atom is 0.0835 e. The summed E-state index contributed by atoms with van der Waals surface area (Å²) in [5.41, 5.74) is 4.41. The molecule has 0 saturated heterocycles. The van der Waals surface area contributed by atoms with Crippen molar-refractivity contribution in [2.24, 2.45) is 0 Å². The van der Waals surface area contributed by atoms with Crippen LogP contribution in [0.1, 0.15) is 24.5 Å². The van der Waals surface area contributed by atoms with Gasteiger partial charge in [-0.25, -0.2) is 0 Å². The summed E-state index contributed by atoms with van der Waals surface area (Å²) in [6.45, 7) is 1.08. The van der Waals surface area contributed by atoms with Crippen LogP contribution in [0, 0.1) is 0 Å². The van der Waals surface area contributed by atoms with Gasteiger partial charge in [0.2, 0.25) is 0 Å². The molecule has 3 heterocycles. The van der Waals surface area contributed by atoms with Gasteiger partial charge in [0.15, 0.2) is 0 Å². The van der Waals surface area contributed by atoms with Crippen LogP contribution < -0.4 is 0 Å². The van der Waals surface area contributed by atoms with Gasteiger partial charge in [-0.05, 0) is 18.9 Å². The molecule has 0 spiro atoms. The zero-order valence-electron chi connectivity index (χ0n) is 11.8. The van der Waals surface area contributed by atoms with Crippen LogP contribution in [-0.4, -0.2) is 26.5 Å². The minimum atomic E-state index is 0.186. The summed E-state index contributed by atoms with van der Waals surface area (Å²) in [4.78, 5) is 0. The third-order valence-corrected chi connectivity index (χ3v) is 5.30. The Morgan fingerprint density at radius 2 is 2.23 bits per heavy atom. The summed E-state index contributed by atoms with van der Waals surface area (Å²) in [6, 6.07) is 3.86. The van der Waals surface area contributed by atoms with E-state index in [1.54, 1.807) is 0 Å². The molecule has 1 unspecified atom stereocenters. The van der Waals surface area contributed by atoms with Crippen molar-refractivity contribution >= 4 is 34.1 Å². The zero-order chi connectivity index (χ0) is 15.3. The van der Waals surface area contributed by atoms with Crippen molar-refractivity contribution in [2.75, 3.05) is 6.61 Å². The van der Waals surface area contributed by atoms with Crippen molar-refractivity contribution in [3.05, 3.63) is 40.3 Å². The second kappa shape index (κ2) is 5.30. The minimum Gasteiger partial charge on any atom is -0.396 e. The maximum absolute atomic E-state index is 9.37. The Bertz CT molecular complexity index is 839. The van der Waals surface area contributed by atoms with Crippen LogP contribution in [0.2, 0.25) is 10.0 Å². The van der Waals surface area contributed by atoms with Gasteiger partial charge >= 0.3 is 0 Å². The van der Waals surface area contributed by atoms with Crippen molar-refractivity contribution in [3.63, 3.8) is 0 Å². The minimum absolute atomic E-state index is 0.186. The number of aliphatic hydroxyl groups excluding tert-OH is 1. The number of nitrogens with one attached hydrogen (secondary N) is 1. The third kappa shape index (κ3) is 1.91. The Morgan fingerprint density at radius 1 is 1.36 bits per heavy atom. The molecule has 2 aromatic heterocycles. The molecule has 4 nitrogen and oxygen atoms in total. The molecule has 1 atom stereocenters. The summed E-state index contributed by atoms with van der Waals surface area (Å²) in [7, 11) is 0. The van der Waals surface area contributed by atoms with Gasteiger partial charge in [0.05, 0.1) is 21.8 Å². The number of aliphatic hydroxyl groups is 1. The average molecular weight is 336 g/mol. The van der Waals surface area contributed by atoms with Gasteiger partial charge in [0.25, 0.3) is 0 Å². The number of rotatable bonds is 3. The highest BCUT2D eigenvalue weighted by atomic mass is 35.5. The first-order valence-corrected chi connectivity index (χ1v) is 8.08. The highest BCUT2D eigenvalue weighted by Gasteiger charge is 2.31. The van der Waals surface area contributed by atoms with Gasteiger partial charge in [0.1, 0.15) is 0 Å². The number of aryl methyl sites for hydroxylation is 1. The Kier molecular flexibility index (Phi) is 3.40. The number of nitrogens with zero attached hydrogens (tertiary/aromatic N) is 2. The summed E-state index contributed by atoms with van der Waals surface area (Å²) < 4.78 is 2.26. The van der Waals surface area contributed by atoms with Crippen LogP contribution in [0.5, 0.6) is 0 Å². The topological polar surface area (TPSA) is 53.8 Å². The van der Waals surface area contributed by atoms with Gasteiger partial charge < -0.3 is 9.67 Å². The van der Waals surface area contributed by atoms with E-state index in [0.717, 1.165) is 41.4 Å². The predicted molar refractivity (Wildman–Crippen MR) is 88.6 cm³/mol. The molecule has 1 aliphatic heterocycles. The lowest BCUT2D eigenvalue weighted by Crippen LogP contribution is -1.98. The standard InChI is InChI=1S/C16H15Cl2N3O/c17-12-2-1-11-13(10-7-19-20-8-10)15-9(4-6-22)3-5-21(15)16(11)14(12)18/h1-2,7-9,22H,3-6H2,(H,19,20). The summed E-state index contributed by atoms with van der Waals surface area (Å²) in [6.07, 6.45) is 5.49. The van der Waals surface area contributed by atoms with Gasteiger partial charge in [0, 0.05) is 47.5 Å². The number of hydrogen-bond donors (Lipinski definition) is 2. The fourth-order valence-electron chi connectivity index (χ4n) is 3.61. The van der Waals surface area contributed by atoms with Crippen LogP contribution in [-0.2, 0) is 6.54 Å². The highest BCUT2D eigenvalue weighted by molar-refractivity contribution is 6.45. The first-order chi connectivity index (χ1) is 10.7. The molecular formula is C16H15Cl2N3O. The lowest BCUT2D eigenvalue weighted by atomic mass is 9.94. The van der Waals surface area contributed by atoms with Crippen LogP contribution in [0.3, 0.4) is 0 Å². The molecule has 0 amide bonds. The van der Waals surface area contributed by atoms with E-state index >= 15 is 0 Å². The van der Waals surface area contributed by atoms with Crippen molar-refractivity contribution in [1.82, 2.24) is 14.8 Å². The predicted octanol–water partition coefficient (Wildman–Crippen LogP) is 4.21. The van der Waals surface area contributed by atoms with Crippen LogP contribution in [0.15, 0.2) is 24.5 Å². The normalized spacial score (nSPS) is 17.3. The largest absolute Gasteiger partial charge is 0.396 e. The molecule has 1 aromatic carbocycles. The lowest BCUT2D eigenvalue weighted by Gasteiger charge is -2.10. The van der Waals surface area contributed by atoms with E-state index in [1.807, 2.05) is 24.5 Å². The van der Waals surface area contributed by atoms with Gasteiger partial charge in [-0.3, -0.25) is 5.10 Å². The SMILES string of the molecule is OCCC1CCn2c1c(-c1cn[nH]c1)c1ccc(Cl)c(Cl)c12. The quantitative estimate of drug-likeness (QED) is 0.753. The molecule has 2 N–H and O–H groups in total. The van der Waals surface area contributed by atoms with E-state index in [0.29, 0.717) is 16.0 Å². The molecule has 114 valence electrons. The molecule has 0 fully saturated rings. The molecule has 1 aliphatic rings. The van der Waals surface area contributed by atoms with Crippen molar-refractivity contribution < 1.29 is 5.11 Å². The van der Waals surface area contributed by atoms with Crippen LogP contribution in [0.4, 0.5) is 0 Å². The monoisotopic (exact) mass is 335 g/mol. The summed E-state index contributed by atoms with van der Waals surface area (Å²) >= 11 is 12.7. The number of aromatic nitrogens is 3. The Morgan fingerprint density at radius 3 is 2.95 bits per heavy atom. The number of H-pyrrole nitrogens is 1. The van der Waals surface area contributed by atoms with Crippen molar-refractivity contribution in [1.29, 1.82) is 0 Å². The second-order valence-corrected chi connectivity index (χ2v) is 6.44. The van der Waals surface area contributed by atoms with Crippen molar-refractivity contribution in [2.45, 2.75) is 25.3 Å². The van der Waals surface area contributed by atoms with E-state index in [9.17, 15) is 5.11 Å². The third-order valence-electron chi connectivity index (χ3n) is 4.51. The smallest absolute Gasteiger partial charge is 0.0835 e. The van der Waals surface area contributed by atoms with Gasteiger partial charge in [-0.2, -0.15) is 5.10 Å². The van der Waals surface area contributed by atoms with E-state index in [-0.39, 0.29) is 6.61 Å². The number of aromatic amines is 1. The van der Waals surface area contributed by atoms with Gasteiger partial charge in [-0.1, -0.05) is 29.3 Å². The molecule has 4 rings (SSSR count). The highest BCUT2D eigenvalue weighted by Crippen LogP contribution is 2.47. The molecule has 6 heteroatoms. The molecule has 0 bridgehead atoms. The number of hydrogen-bond acceptors (Lipinski definition) is 2. The fourth-order valence-corrected chi connectivity index (χ4v) is 4.02. The summed E-state index contributed by atoms with van der Waals surface area (Å²) in [5.74, 6) is 0.331. The van der Waals surface area contributed by atoms with Crippen molar-refractivity contribution in [3.8, 4) is 11.1 Å². The fraction of sp³-hybridized carbons (Fsp3) is 0.312. The molecular weight excluding hydrogens is 321 g/mol. The first kappa shape index (κ1) is 14.1. The van der Waals surface area contributed by atoms with E-state index in [1.165, 1.54) is 5.69 Å². The van der Waals surface area contributed by atoms with Gasteiger partial charge in [-0.15, -0.1) is 0 Å². The first-order valence-electron chi connectivity index (χ1n) is 7.32. The molecule has 22 heavy (non-hydrogen) atoms. The summed E-state index contributed by atoms with van der Waals surface area (Å²) in [5, 5.41) is 18.6. The van der Waals surface area contributed by atoms with E-state index < -0.39 is 0 Å². The van der Waals surface area contributed by atoms with Crippen LogP contribution in [0.25, 0.3) is 22.0 Å². The number of benzene rings is 1.